The molecule has 94 valence electrons. The lowest BCUT2D eigenvalue weighted by molar-refractivity contribution is 0.0995. The van der Waals surface area contributed by atoms with Crippen LogP contribution in [0.2, 0.25) is 0 Å². The number of hydrogen-bond donors (Lipinski definition) is 1. The lowest BCUT2D eigenvalue weighted by Crippen LogP contribution is -2.12. The average Bonchev–Trinajstić information content (AvgIpc) is 2.76. The van der Waals surface area contributed by atoms with E-state index >= 15 is 0 Å². The topological polar surface area (TPSA) is 58.4 Å². The minimum atomic E-state index is -0.298. The van der Waals surface area contributed by atoms with E-state index in [9.17, 15) is 4.79 Å². The van der Waals surface area contributed by atoms with Crippen molar-refractivity contribution in [2.45, 2.75) is 6.92 Å². The van der Waals surface area contributed by atoms with E-state index < -0.39 is 0 Å². The zero-order valence-corrected chi connectivity index (χ0v) is 10.6. The average molecular weight is 245 g/mol. The van der Waals surface area contributed by atoms with Gasteiger partial charge in [0, 0.05) is 32.4 Å². The van der Waals surface area contributed by atoms with E-state index in [1.165, 1.54) is 6.20 Å². The van der Waals surface area contributed by atoms with Crippen molar-refractivity contribution in [3.63, 3.8) is 0 Å². The number of aryl methyl sites for hydroxylation is 1. The SMILES string of the molecule is Cc1ncc(C(=O)Nc2ccc(N(C)C)cc2)o1. The van der Waals surface area contributed by atoms with Crippen LogP contribution in [0.25, 0.3) is 0 Å². The molecule has 0 aliphatic rings. The van der Waals surface area contributed by atoms with Crippen LogP contribution in [0.15, 0.2) is 34.9 Å². The highest BCUT2D eigenvalue weighted by Crippen LogP contribution is 2.16. The number of nitrogens with zero attached hydrogens (tertiary/aromatic N) is 2. The first-order chi connectivity index (χ1) is 8.56. The molecule has 0 aliphatic heterocycles. The number of amides is 1. The molecule has 1 aromatic heterocycles. The molecule has 0 bridgehead atoms. The highest BCUT2D eigenvalue weighted by molar-refractivity contribution is 6.02. The minimum Gasteiger partial charge on any atom is -0.436 e. The van der Waals surface area contributed by atoms with Gasteiger partial charge in [-0.3, -0.25) is 4.79 Å². The van der Waals surface area contributed by atoms with Crippen molar-refractivity contribution in [2.75, 3.05) is 24.3 Å². The van der Waals surface area contributed by atoms with Crippen LogP contribution in [0.4, 0.5) is 11.4 Å². The molecule has 0 fully saturated rings. The third-order valence-electron chi connectivity index (χ3n) is 2.49. The Bertz CT molecular complexity index is 544. The number of rotatable bonds is 3. The standard InChI is InChI=1S/C13H15N3O2/c1-9-14-8-12(18-9)13(17)15-10-4-6-11(7-5-10)16(2)3/h4-8H,1-3H3,(H,15,17). The first-order valence-electron chi connectivity index (χ1n) is 5.57. The summed E-state index contributed by atoms with van der Waals surface area (Å²) >= 11 is 0. The van der Waals surface area contributed by atoms with Gasteiger partial charge in [0.2, 0.25) is 5.76 Å². The summed E-state index contributed by atoms with van der Waals surface area (Å²) in [6.07, 6.45) is 1.42. The highest BCUT2D eigenvalue weighted by atomic mass is 16.4. The number of carbonyl (C=O) groups is 1. The molecular weight excluding hydrogens is 230 g/mol. The van der Waals surface area contributed by atoms with E-state index in [1.807, 2.05) is 43.3 Å². The maximum Gasteiger partial charge on any atom is 0.293 e. The van der Waals surface area contributed by atoms with E-state index in [-0.39, 0.29) is 11.7 Å². The van der Waals surface area contributed by atoms with Crippen molar-refractivity contribution < 1.29 is 9.21 Å². The summed E-state index contributed by atoms with van der Waals surface area (Å²) in [5, 5.41) is 2.75. The van der Waals surface area contributed by atoms with Crippen molar-refractivity contribution in [1.82, 2.24) is 4.98 Å². The Kier molecular flexibility index (Phi) is 3.32. The normalized spacial score (nSPS) is 10.2. The van der Waals surface area contributed by atoms with Gasteiger partial charge in [-0.15, -0.1) is 0 Å². The van der Waals surface area contributed by atoms with Gasteiger partial charge in [0.25, 0.3) is 5.91 Å². The summed E-state index contributed by atoms with van der Waals surface area (Å²) < 4.78 is 5.15. The molecule has 0 radical (unpaired) electrons. The van der Waals surface area contributed by atoms with Crippen molar-refractivity contribution >= 4 is 17.3 Å². The quantitative estimate of drug-likeness (QED) is 0.901. The molecule has 0 saturated heterocycles. The number of carbonyl (C=O) groups excluding carboxylic acids is 1. The zero-order valence-electron chi connectivity index (χ0n) is 10.6. The Hall–Kier alpha value is -2.30. The van der Waals surface area contributed by atoms with Gasteiger partial charge < -0.3 is 14.6 Å². The van der Waals surface area contributed by atoms with Gasteiger partial charge in [-0.05, 0) is 24.3 Å². The van der Waals surface area contributed by atoms with Crippen molar-refractivity contribution in [3.8, 4) is 0 Å². The van der Waals surface area contributed by atoms with Crippen LogP contribution in [0.3, 0.4) is 0 Å². The Morgan fingerprint density at radius 2 is 1.94 bits per heavy atom. The van der Waals surface area contributed by atoms with E-state index in [1.54, 1.807) is 6.92 Å². The van der Waals surface area contributed by atoms with Gasteiger partial charge in [0.1, 0.15) is 0 Å². The second kappa shape index (κ2) is 4.91. The van der Waals surface area contributed by atoms with Crippen LogP contribution in [-0.2, 0) is 0 Å². The maximum absolute atomic E-state index is 11.8. The van der Waals surface area contributed by atoms with Gasteiger partial charge in [0.05, 0.1) is 6.20 Å². The number of oxazole rings is 1. The van der Waals surface area contributed by atoms with Gasteiger partial charge in [-0.25, -0.2) is 4.98 Å². The second-order valence-electron chi connectivity index (χ2n) is 4.14. The van der Waals surface area contributed by atoms with E-state index in [0.717, 1.165) is 11.4 Å². The predicted octanol–water partition coefficient (Wildman–Crippen LogP) is 2.30. The lowest BCUT2D eigenvalue weighted by Gasteiger charge is -2.12. The molecule has 0 aliphatic carbocycles. The summed E-state index contributed by atoms with van der Waals surface area (Å²) in [7, 11) is 3.93. The van der Waals surface area contributed by atoms with Crippen molar-refractivity contribution in [3.05, 3.63) is 42.1 Å². The molecule has 2 aromatic rings. The molecule has 0 unspecified atom stereocenters. The van der Waals surface area contributed by atoms with Crippen molar-refractivity contribution in [2.24, 2.45) is 0 Å². The number of anilines is 2. The second-order valence-corrected chi connectivity index (χ2v) is 4.14. The molecule has 0 atom stereocenters. The fourth-order valence-electron chi connectivity index (χ4n) is 1.50. The first kappa shape index (κ1) is 12.2. The third-order valence-corrected chi connectivity index (χ3v) is 2.49. The Morgan fingerprint density at radius 3 is 2.44 bits per heavy atom. The third kappa shape index (κ3) is 2.68. The van der Waals surface area contributed by atoms with E-state index in [0.29, 0.717) is 5.89 Å². The molecule has 1 amide bonds. The zero-order chi connectivity index (χ0) is 13.1. The Labute approximate surface area is 105 Å². The van der Waals surface area contributed by atoms with Gasteiger partial charge in [-0.2, -0.15) is 0 Å². The van der Waals surface area contributed by atoms with E-state index in [4.69, 9.17) is 4.42 Å². The molecule has 1 aromatic carbocycles. The first-order valence-corrected chi connectivity index (χ1v) is 5.57. The minimum absolute atomic E-state index is 0.212. The monoisotopic (exact) mass is 245 g/mol. The molecule has 18 heavy (non-hydrogen) atoms. The van der Waals surface area contributed by atoms with Crippen LogP contribution >= 0.6 is 0 Å². The van der Waals surface area contributed by atoms with Gasteiger partial charge in [0.15, 0.2) is 5.89 Å². The molecule has 0 spiro atoms. The van der Waals surface area contributed by atoms with Crippen LogP contribution in [0.1, 0.15) is 16.4 Å². The lowest BCUT2D eigenvalue weighted by atomic mass is 10.2. The fourth-order valence-corrected chi connectivity index (χ4v) is 1.50. The fraction of sp³-hybridized carbons (Fsp3) is 0.231. The Morgan fingerprint density at radius 1 is 1.28 bits per heavy atom. The van der Waals surface area contributed by atoms with Crippen LogP contribution < -0.4 is 10.2 Å². The largest absolute Gasteiger partial charge is 0.436 e. The van der Waals surface area contributed by atoms with Crippen LogP contribution in [0, 0.1) is 6.92 Å². The van der Waals surface area contributed by atoms with Crippen molar-refractivity contribution in [1.29, 1.82) is 0 Å². The molecule has 5 heteroatoms. The molecule has 0 saturated carbocycles. The smallest absolute Gasteiger partial charge is 0.293 e. The number of aromatic nitrogens is 1. The molecule has 2 rings (SSSR count). The maximum atomic E-state index is 11.8. The van der Waals surface area contributed by atoms with Crippen LogP contribution in [0.5, 0.6) is 0 Å². The summed E-state index contributed by atoms with van der Waals surface area (Å²) in [6.45, 7) is 1.70. The van der Waals surface area contributed by atoms with Gasteiger partial charge in [-0.1, -0.05) is 0 Å². The molecule has 1 N–H and O–H groups in total. The molecule has 1 heterocycles. The number of benzene rings is 1. The van der Waals surface area contributed by atoms with Crippen LogP contribution in [-0.4, -0.2) is 25.0 Å². The predicted molar refractivity (Wildman–Crippen MR) is 70.0 cm³/mol. The van der Waals surface area contributed by atoms with E-state index in [2.05, 4.69) is 10.3 Å². The van der Waals surface area contributed by atoms with Gasteiger partial charge >= 0.3 is 0 Å². The number of nitrogens with one attached hydrogen (secondary N) is 1. The molecular formula is C13H15N3O2. The summed E-state index contributed by atoms with van der Waals surface area (Å²) in [4.78, 5) is 17.7. The summed E-state index contributed by atoms with van der Waals surface area (Å²) in [5.41, 5.74) is 1.79. The molecule has 5 nitrogen and oxygen atoms in total. The Balaban J connectivity index is 2.07. The summed E-state index contributed by atoms with van der Waals surface area (Å²) in [6, 6.07) is 7.55. The highest BCUT2D eigenvalue weighted by Gasteiger charge is 2.10. The number of hydrogen-bond acceptors (Lipinski definition) is 4. The summed E-state index contributed by atoms with van der Waals surface area (Å²) in [5.74, 6) is 0.389.